The number of hydrogen-bond acceptors (Lipinski definition) is 3. The first-order valence-corrected chi connectivity index (χ1v) is 6.60. The molecule has 2 N–H and O–H groups in total. The van der Waals surface area contributed by atoms with Crippen LogP contribution in [0.1, 0.15) is 36.3 Å². The molecule has 0 radical (unpaired) electrons. The summed E-state index contributed by atoms with van der Waals surface area (Å²) in [4.78, 5) is 14.4. The Hall–Kier alpha value is -1.36. The number of nitrogens with zero attached hydrogens (tertiary/aromatic N) is 2. The average Bonchev–Trinajstić information content (AvgIpc) is 2.94. The van der Waals surface area contributed by atoms with Gasteiger partial charge in [-0.05, 0) is 39.7 Å². The fourth-order valence-corrected chi connectivity index (χ4v) is 2.41. The Morgan fingerprint density at radius 1 is 1.67 bits per heavy atom. The molecule has 18 heavy (non-hydrogen) atoms. The third-order valence-electron chi connectivity index (χ3n) is 3.67. The first-order valence-electron chi connectivity index (χ1n) is 6.60. The van der Waals surface area contributed by atoms with Crippen LogP contribution in [0.5, 0.6) is 0 Å². The van der Waals surface area contributed by atoms with Gasteiger partial charge in [0.1, 0.15) is 0 Å². The molecule has 0 aliphatic carbocycles. The van der Waals surface area contributed by atoms with Crippen molar-refractivity contribution in [2.45, 2.75) is 33.2 Å². The zero-order valence-corrected chi connectivity index (χ0v) is 11.4. The van der Waals surface area contributed by atoms with Gasteiger partial charge in [-0.25, -0.2) is 0 Å². The van der Waals surface area contributed by atoms with Gasteiger partial charge in [-0.1, -0.05) is 0 Å². The smallest absolute Gasteiger partial charge is 0.254 e. The predicted octanol–water partition coefficient (Wildman–Crippen LogP) is 1.18. The first kappa shape index (κ1) is 13.1. The van der Waals surface area contributed by atoms with Crippen LogP contribution in [0.2, 0.25) is 0 Å². The molecular weight excluding hydrogens is 228 g/mol. The molecule has 2 heterocycles. The first-order chi connectivity index (χ1) is 8.58. The molecule has 0 aromatic carbocycles. The highest BCUT2D eigenvalue weighted by atomic mass is 16.1. The maximum Gasteiger partial charge on any atom is 0.254 e. The van der Waals surface area contributed by atoms with Crippen LogP contribution in [-0.4, -0.2) is 46.7 Å². The fourth-order valence-electron chi connectivity index (χ4n) is 2.41. The van der Waals surface area contributed by atoms with Crippen LogP contribution in [0.4, 0.5) is 0 Å². The molecule has 5 heteroatoms. The molecule has 1 aliphatic rings. The summed E-state index contributed by atoms with van der Waals surface area (Å²) in [6.07, 6.45) is 2.75. The van der Waals surface area contributed by atoms with Gasteiger partial charge < -0.3 is 10.2 Å². The molecular formula is C13H22N4O. The lowest BCUT2D eigenvalue weighted by Gasteiger charge is -2.20. The minimum Gasteiger partial charge on any atom is -0.352 e. The van der Waals surface area contributed by atoms with Crippen molar-refractivity contribution in [2.75, 3.05) is 19.6 Å². The van der Waals surface area contributed by atoms with Gasteiger partial charge in [-0.15, -0.1) is 0 Å². The molecule has 1 fully saturated rings. The van der Waals surface area contributed by atoms with Crippen LogP contribution in [-0.2, 0) is 0 Å². The molecule has 2 rings (SSSR count). The Bertz CT molecular complexity index is 413. The van der Waals surface area contributed by atoms with Crippen LogP contribution in [0.15, 0.2) is 6.20 Å². The Labute approximate surface area is 108 Å². The average molecular weight is 250 g/mol. The van der Waals surface area contributed by atoms with Gasteiger partial charge in [0.05, 0.1) is 11.8 Å². The van der Waals surface area contributed by atoms with E-state index in [2.05, 4.69) is 34.3 Å². The molecule has 100 valence electrons. The van der Waals surface area contributed by atoms with E-state index >= 15 is 0 Å². The van der Waals surface area contributed by atoms with E-state index in [4.69, 9.17) is 0 Å². The quantitative estimate of drug-likeness (QED) is 0.843. The molecule has 0 bridgehead atoms. The highest BCUT2D eigenvalue weighted by Crippen LogP contribution is 2.17. The summed E-state index contributed by atoms with van der Waals surface area (Å²) < 4.78 is 0. The van der Waals surface area contributed by atoms with E-state index in [1.165, 1.54) is 6.42 Å². The molecule has 1 aliphatic heterocycles. The predicted molar refractivity (Wildman–Crippen MR) is 70.5 cm³/mol. The third-order valence-corrected chi connectivity index (χ3v) is 3.67. The van der Waals surface area contributed by atoms with Crippen LogP contribution < -0.4 is 5.32 Å². The Morgan fingerprint density at radius 3 is 3.00 bits per heavy atom. The van der Waals surface area contributed by atoms with E-state index in [1.54, 1.807) is 6.20 Å². The van der Waals surface area contributed by atoms with Gasteiger partial charge in [0, 0.05) is 24.8 Å². The summed E-state index contributed by atoms with van der Waals surface area (Å²) in [6, 6.07) is 0.599. The molecule has 1 aromatic heterocycles. The summed E-state index contributed by atoms with van der Waals surface area (Å²) in [5.74, 6) is 0.549. The Morgan fingerprint density at radius 2 is 2.44 bits per heavy atom. The molecule has 0 saturated carbocycles. The SMILES string of the molecule is Cc1[nH]ncc1C(=O)NCC1CCN(C(C)C)C1. The van der Waals surface area contributed by atoms with E-state index in [9.17, 15) is 4.79 Å². The number of likely N-dealkylation sites (tertiary alicyclic amines) is 1. The highest BCUT2D eigenvalue weighted by molar-refractivity contribution is 5.94. The summed E-state index contributed by atoms with van der Waals surface area (Å²) in [6.45, 7) is 9.28. The van der Waals surface area contributed by atoms with E-state index in [-0.39, 0.29) is 5.91 Å². The van der Waals surface area contributed by atoms with Gasteiger partial charge >= 0.3 is 0 Å². The number of carbonyl (C=O) groups excluding carboxylic acids is 1. The van der Waals surface area contributed by atoms with Crippen molar-refractivity contribution in [1.82, 2.24) is 20.4 Å². The standard InChI is InChI=1S/C13H22N4O/c1-9(2)17-5-4-11(8-17)6-14-13(18)12-7-15-16-10(12)3/h7,9,11H,4-6,8H2,1-3H3,(H,14,18)(H,15,16). The number of nitrogens with one attached hydrogen (secondary N) is 2. The minimum absolute atomic E-state index is 0.0238. The van der Waals surface area contributed by atoms with Crippen LogP contribution in [0.3, 0.4) is 0 Å². The van der Waals surface area contributed by atoms with Crippen molar-refractivity contribution >= 4 is 5.91 Å². The van der Waals surface area contributed by atoms with Gasteiger partial charge in [0.2, 0.25) is 0 Å². The molecule has 1 saturated heterocycles. The lowest BCUT2D eigenvalue weighted by molar-refractivity contribution is 0.0946. The second-order valence-electron chi connectivity index (χ2n) is 5.36. The molecule has 1 amide bonds. The largest absolute Gasteiger partial charge is 0.352 e. The van der Waals surface area contributed by atoms with E-state index in [0.717, 1.165) is 25.3 Å². The number of aromatic nitrogens is 2. The number of carbonyl (C=O) groups is 1. The van der Waals surface area contributed by atoms with E-state index < -0.39 is 0 Å². The summed E-state index contributed by atoms with van der Waals surface area (Å²) >= 11 is 0. The summed E-state index contributed by atoms with van der Waals surface area (Å²) in [5, 5.41) is 9.65. The van der Waals surface area contributed by atoms with E-state index in [0.29, 0.717) is 17.5 Å². The number of rotatable bonds is 4. The summed E-state index contributed by atoms with van der Waals surface area (Å²) in [5.41, 5.74) is 1.47. The molecule has 0 spiro atoms. The van der Waals surface area contributed by atoms with Crippen molar-refractivity contribution in [3.63, 3.8) is 0 Å². The second kappa shape index (κ2) is 5.52. The van der Waals surface area contributed by atoms with Gasteiger partial charge in [-0.2, -0.15) is 5.10 Å². The number of aryl methyl sites for hydroxylation is 1. The maximum absolute atomic E-state index is 11.9. The van der Waals surface area contributed by atoms with Crippen molar-refractivity contribution < 1.29 is 4.79 Å². The lowest BCUT2D eigenvalue weighted by Crippen LogP contribution is -2.33. The Kier molecular flexibility index (Phi) is 4.01. The highest BCUT2D eigenvalue weighted by Gasteiger charge is 2.24. The van der Waals surface area contributed by atoms with Crippen molar-refractivity contribution in [1.29, 1.82) is 0 Å². The normalized spacial score (nSPS) is 20.6. The Balaban J connectivity index is 1.79. The van der Waals surface area contributed by atoms with Gasteiger partial charge in [-0.3, -0.25) is 9.89 Å². The van der Waals surface area contributed by atoms with Crippen molar-refractivity contribution in [3.8, 4) is 0 Å². The van der Waals surface area contributed by atoms with Crippen molar-refractivity contribution in [2.24, 2.45) is 5.92 Å². The zero-order valence-electron chi connectivity index (χ0n) is 11.4. The number of hydrogen-bond donors (Lipinski definition) is 2. The molecule has 1 atom stereocenters. The van der Waals surface area contributed by atoms with Gasteiger partial charge in [0.15, 0.2) is 0 Å². The topological polar surface area (TPSA) is 61.0 Å². The van der Waals surface area contributed by atoms with E-state index in [1.807, 2.05) is 6.92 Å². The maximum atomic E-state index is 11.9. The molecule has 1 unspecified atom stereocenters. The van der Waals surface area contributed by atoms with Crippen molar-refractivity contribution in [3.05, 3.63) is 17.5 Å². The second-order valence-corrected chi connectivity index (χ2v) is 5.36. The fraction of sp³-hybridized carbons (Fsp3) is 0.692. The number of aromatic amines is 1. The third kappa shape index (κ3) is 2.90. The summed E-state index contributed by atoms with van der Waals surface area (Å²) in [7, 11) is 0. The zero-order chi connectivity index (χ0) is 13.1. The monoisotopic (exact) mass is 250 g/mol. The minimum atomic E-state index is -0.0238. The van der Waals surface area contributed by atoms with Crippen LogP contribution in [0.25, 0.3) is 0 Å². The van der Waals surface area contributed by atoms with Gasteiger partial charge in [0.25, 0.3) is 5.91 Å². The van der Waals surface area contributed by atoms with Crippen LogP contribution >= 0.6 is 0 Å². The number of H-pyrrole nitrogens is 1. The molecule has 5 nitrogen and oxygen atoms in total. The molecule has 1 aromatic rings. The number of amides is 1. The lowest BCUT2D eigenvalue weighted by atomic mass is 10.1. The van der Waals surface area contributed by atoms with Crippen LogP contribution in [0, 0.1) is 12.8 Å².